The van der Waals surface area contributed by atoms with Gasteiger partial charge in [0.15, 0.2) is 0 Å². The highest BCUT2D eigenvalue weighted by molar-refractivity contribution is 7.92. The third-order valence-electron chi connectivity index (χ3n) is 4.25. The summed E-state index contributed by atoms with van der Waals surface area (Å²) < 4.78 is 38.6. The molecule has 1 aliphatic heterocycles. The Labute approximate surface area is 158 Å². The highest BCUT2D eigenvalue weighted by Gasteiger charge is 2.19. The molecule has 0 saturated carbocycles. The van der Waals surface area contributed by atoms with Crippen LogP contribution in [0.4, 0.5) is 11.4 Å². The van der Waals surface area contributed by atoms with Gasteiger partial charge in [0, 0.05) is 18.8 Å². The first-order valence-electron chi connectivity index (χ1n) is 8.20. The molecule has 3 rings (SSSR count). The molecule has 2 aromatic rings. The van der Waals surface area contributed by atoms with E-state index in [1.807, 2.05) is 6.07 Å². The summed E-state index contributed by atoms with van der Waals surface area (Å²) in [7, 11) is -2.22. The van der Waals surface area contributed by atoms with E-state index in [0.717, 1.165) is 24.3 Å². The molecule has 6 nitrogen and oxygen atoms in total. The van der Waals surface area contributed by atoms with Crippen molar-refractivity contribution in [2.75, 3.05) is 43.0 Å². The number of ether oxygens (including phenoxy) is 2. The van der Waals surface area contributed by atoms with E-state index in [1.54, 1.807) is 38.3 Å². The molecule has 1 N–H and O–H groups in total. The fourth-order valence-electron chi connectivity index (χ4n) is 2.83. The monoisotopic (exact) mass is 396 g/mol. The third kappa shape index (κ3) is 4.06. The highest BCUT2D eigenvalue weighted by Crippen LogP contribution is 2.30. The zero-order chi connectivity index (χ0) is 18.7. The van der Waals surface area contributed by atoms with E-state index < -0.39 is 10.0 Å². The zero-order valence-corrected chi connectivity index (χ0v) is 16.2. The lowest BCUT2D eigenvalue weighted by Crippen LogP contribution is -2.36. The molecule has 140 valence electrons. The van der Waals surface area contributed by atoms with Gasteiger partial charge in [0.25, 0.3) is 10.0 Å². The standard InChI is InChI=1S/C18H21ClN2O4S/c1-13-11-15(4-6-18(13)24-2)26(22,23)20-17-12-14(3-5-16(17)19)21-7-9-25-10-8-21/h3-6,11-12,20H,7-10H2,1-2H3. The lowest BCUT2D eigenvalue weighted by molar-refractivity contribution is 0.122. The van der Waals surface area contributed by atoms with Gasteiger partial charge in [-0.25, -0.2) is 8.42 Å². The molecule has 0 unspecified atom stereocenters. The molecule has 0 bridgehead atoms. The van der Waals surface area contributed by atoms with Gasteiger partial charge in [0.2, 0.25) is 0 Å². The van der Waals surface area contributed by atoms with Gasteiger partial charge in [-0.1, -0.05) is 11.6 Å². The van der Waals surface area contributed by atoms with Crippen molar-refractivity contribution in [2.24, 2.45) is 0 Å². The van der Waals surface area contributed by atoms with Crippen molar-refractivity contribution in [3.05, 3.63) is 47.0 Å². The van der Waals surface area contributed by atoms with Crippen molar-refractivity contribution in [2.45, 2.75) is 11.8 Å². The number of benzene rings is 2. The molecule has 1 fully saturated rings. The number of hydrogen-bond donors (Lipinski definition) is 1. The lowest BCUT2D eigenvalue weighted by atomic mass is 10.2. The molecule has 1 heterocycles. The van der Waals surface area contributed by atoms with Gasteiger partial charge in [-0.05, 0) is 48.9 Å². The van der Waals surface area contributed by atoms with E-state index in [2.05, 4.69) is 9.62 Å². The van der Waals surface area contributed by atoms with Crippen LogP contribution in [-0.2, 0) is 14.8 Å². The molecular formula is C18H21ClN2O4S. The van der Waals surface area contributed by atoms with Gasteiger partial charge < -0.3 is 14.4 Å². The number of halogens is 1. The van der Waals surface area contributed by atoms with Crippen LogP contribution in [0.3, 0.4) is 0 Å². The fraction of sp³-hybridized carbons (Fsp3) is 0.333. The summed E-state index contributed by atoms with van der Waals surface area (Å²) in [6, 6.07) is 10.0. The molecule has 0 radical (unpaired) electrons. The zero-order valence-electron chi connectivity index (χ0n) is 14.7. The fourth-order valence-corrected chi connectivity index (χ4v) is 4.21. The Morgan fingerprint density at radius 2 is 1.88 bits per heavy atom. The van der Waals surface area contributed by atoms with E-state index in [4.69, 9.17) is 21.1 Å². The second-order valence-corrected chi connectivity index (χ2v) is 8.09. The first kappa shape index (κ1) is 18.8. The number of rotatable bonds is 5. The number of morpholine rings is 1. The van der Waals surface area contributed by atoms with Gasteiger partial charge in [-0.2, -0.15) is 0 Å². The lowest BCUT2D eigenvalue weighted by Gasteiger charge is -2.29. The van der Waals surface area contributed by atoms with Crippen molar-refractivity contribution in [1.82, 2.24) is 0 Å². The van der Waals surface area contributed by atoms with Gasteiger partial charge in [0.1, 0.15) is 5.75 Å². The minimum absolute atomic E-state index is 0.156. The summed E-state index contributed by atoms with van der Waals surface area (Å²) in [6.07, 6.45) is 0. The van der Waals surface area contributed by atoms with Crippen molar-refractivity contribution < 1.29 is 17.9 Å². The molecule has 0 aromatic heterocycles. The summed E-state index contributed by atoms with van der Waals surface area (Å²) >= 11 is 6.22. The Hall–Kier alpha value is -1.96. The van der Waals surface area contributed by atoms with Crippen LogP contribution in [0.5, 0.6) is 5.75 Å². The Morgan fingerprint density at radius 3 is 2.54 bits per heavy atom. The van der Waals surface area contributed by atoms with Gasteiger partial charge in [-0.3, -0.25) is 4.72 Å². The Balaban J connectivity index is 1.88. The number of sulfonamides is 1. The van der Waals surface area contributed by atoms with Crippen molar-refractivity contribution in [3.8, 4) is 5.75 Å². The Bertz CT molecular complexity index is 896. The van der Waals surface area contributed by atoms with Gasteiger partial charge >= 0.3 is 0 Å². The first-order valence-corrected chi connectivity index (χ1v) is 10.1. The average molecular weight is 397 g/mol. The number of aryl methyl sites for hydroxylation is 1. The van der Waals surface area contributed by atoms with Gasteiger partial charge in [-0.15, -0.1) is 0 Å². The van der Waals surface area contributed by atoms with Crippen LogP contribution in [0.2, 0.25) is 5.02 Å². The topological polar surface area (TPSA) is 67.9 Å². The molecule has 0 spiro atoms. The van der Waals surface area contributed by atoms with Crippen LogP contribution in [0.25, 0.3) is 0 Å². The maximum absolute atomic E-state index is 12.7. The summed E-state index contributed by atoms with van der Waals surface area (Å²) in [5, 5.41) is 0.343. The van der Waals surface area contributed by atoms with Gasteiger partial charge in [0.05, 0.1) is 35.9 Å². The van der Waals surface area contributed by atoms with E-state index in [9.17, 15) is 8.42 Å². The van der Waals surface area contributed by atoms with Crippen molar-refractivity contribution in [3.63, 3.8) is 0 Å². The highest BCUT2D eigenvalue weighted by atomic mass is 35.5. The molecule has 1 aliphatic rings. The minimum atomic E-state index is -3.76. The predicted octanol–water partition coefficient (Wildman–Crippen LogP) is 3.29. The third-order valence-corrected chi connectivity index (χ3v) is 5.94. The van der Waals surface area contributed by atoms with Crippen molar-refractivity contribution >= 4 is 33.0 Å². The molecule has 2 aromatic carbocycles. The van der Waals surface area contributed by atoms with E-state index >= 15 is 0 Å². The number of methoxy groups -OCH3 is 1. The second kappa shape index (κ2) is 7.73. The van der Waals surface area contributed by atoms with Crippen LogP contribution >= 0.6 is 11.6 Å². The predicted molar refractivity (Wildman–Crippen MR) is 103 cm³/mol. The van der Waals surface area contributed by atoms with E-state index in [0.29, 0.717) is 29.7 Å². The van der Waals surface area contributed by atoms with E-state index in [1.165, 1.54) is 6.07 Å². The first-order chi connectivity index (χ1) is 12.4. The molecule has 26 heavy (non-hydrogen) atoms. The normalized spacial score (nSPS) is 15.0. The second-order valence-electron chi connectivity index (χ2n) is 6.00. The summed E-state index contributed by atoms with van der Waals surface area (Å²) in [4.78, 5) is 2.29. The molecule has 0 amide bonds. The minimum Gasteiger partial charge on any atom is -0.496 e. The Kier molecular flexibility index (Phi) is 5.60. The quantitative estimate of drug-likeness (QED) is 0.839. The smallest absolute Gasteiger partial charge is 0.261 e. The Morgan fingerprint density at radius 1 is 1.15 bits per heavy atom. The molecule has 0 aliphatic carbocycles. The summed E-state index contributed by atoms with van der Waals surface area (Å²) in [5.41, 5.74) is 1.99. The van der Waals surface area contributed by atoms with Crippen LogP contribution in [0, 0.1) is 6.92 Å². The number of anilines is 2. The number of hydrogen-bond acceptors (Lipinski definition) is 5. The maximum Gasteiger partial charge on any atom is 0.261 e. The maximum atomic E-state index is 12.7. The summed E-state index contributed by atoms with van der Waals surface area (Å²) in [5.74, 6) is 0.635. The average Bonchev–Trinajstić information content (AvgIpc) is 2.64. The van der Waals surface area contributed by atoms with Crippen LogP contribution in [0.1, 0.15) is 5.56 Å². The molecular weight excluding hydrogens is 376 g/mol. The number of nitrogens with one attached hydrogen (secondary N) is 1. The van der Waals surface area contributed by atoms with Crippen molar-refractivity contribution in [1.29, 1.82) is 0 Å². The largest absolute Gasteiger partial charge is 0.496 e. The summed E-state index contributed by atoms with van der Waals surface area (Å²) in [6.45, 7) is 4.60. The SMILES string of the molecule is COc1ccc(S(=O)(=O)Nc2cc(N3CCOCC3)ccc2Cl)cc1C. The molecule has 1 saturated heterocycles. The molecule has 0 atom stereocenters. The van der Waals surface area contributed by atoms with Crippen LogP contribution in [-0.4, -0.2) is 41.8 Å². The van der Waals surface area contributed by atoms with Crippen LogP contribution in [0.15, 0.2) is 41.3 Å². The molecule has 8 heteroatoms. The van der Waals surface area contributed by atoms with Crippen LogP contribution < -0.4 is 14.4 Å². The van der Waals surface area contributed by atoms with E-state index in [-0.39, 0.29) is 4.90 Å². The number of nitrogens with zero attached hydrogens (tertiary/aromatic N) is 1.